The first kappa shape index (κ1) is 17.5. The molecule has 1 saturated carbocycles. The lowest BCUT2D eigenvalue weighted by Gasteiger charge is -2.16. The number of carbonyl (C=O) groups is 2. The van der Waals surface area contributed by atoms with Crippen LogP contribution in [0.4, 0.5) is 11.4 Å². The first-order valence-electron chi connectivity index (χ1n) is 8.54. The average molecular weight is 348 g/mol. The average Bonchev–Trinajstić information content (AvgIpc) is 3.46. The Morgan fingerprint density at radius 3 is 2.46 bits per heavy atom. The molecule has 6 nitrogen and oxygen atoms in total. The molecule has 1 aliphatic carbocycles. The number of amides is 2. The number of rotatable bonds is 6. The summed E-state index contributed by atoms with van der Waals surface area (Å²) in [4.78, 5) is 24.3. The minimum Gasteiger partial charge on any atom is -0.374 e. The molecule has 1 atom stereocenters. The van der Waals surface area contributed by atoms with E-state index in [1.165, 1.54) is 0 Å². The van der Waals surface area contributed by atoms with Crippen LogP contribution in [0.2, 0.25) is 0 Å². The molecule has 3 N–H and O–H groups in total. The number of benzene rings is 2. The predicted octanol–water partition coefficient (Wildman–Crippen LogP) is 2.89. The Morgan fingerprint density at radius 2 is 1.81 bits per heavy atom. The van der Waals surface area contributed by atoms with Crippen molar-refractivity contribution in [2.75, 3.05) is 10.6 Å². The van der Waals surface area contributed by atoms with Gasteiger partial charge in [-0.15, -0.1) is 0 Å². The Kier molecular flexibility index (Phi) is 5.18. The Labute approximate surface area is 152 Å². The highest BCUT2D eigenvalue weighted by atomic mass is 16.2. The summed E-state index contributed by atoms with van der Waals surface area (Å²) in [5.74, 6) is -0.318. The molecule has 2 amide bonds. The number of nitriles is 1. The van der Waals surface area contributed by atoms with Crippen LogP contribution in [0, 0.1) is 11.3 Å². The number of nitrogens with zero attached hydrogens (tertiary/aromatic N) is 1. The second-order valence-electron chi connectivity index (χ2n) is 6.34. The maximum absolute atomic E-state index is 12.3. The molecular formula is C20H20N4O2. The lowest BCUT2D eigenvalue weighted by molar-refractivity contribution is -0.116. The van der Waals surface area contributed by atoms with E-state index in [1.54, 1.807) is 55.5 Å². The maximum atomic E-state index is 12.3. The van der Waals surface area contributed by atoms with Crippen molar-refractivity contribution in [3.63, 3.8) is 0 Å². The van der Waals surface area contributed by atoms with Crippen molar-refractivity contribution in [3.8, 4) is 6.07 Å². The molecule has 6 heteroatoms. The molecule has 0 heterocycles. The minimum atomic E-state index is -0.507. The predicted molar refractivity (Wildman–Crippen MR) is 99.8 cm³/mol. The van der Waals surface area contributed by atoms with Crippen molar-refractivity contribution in [3.05, 3.63) is 59.7 Å². The molecule has 2 aromatic rings. The molecule has 0 radical (unpaired) electrons. The van der Waals surface area contributed by atoms with Gasteiger partial charge in [-0.25, -0.2) is 0 Å². The third-order valence-electron chi connectivity index (χ3n) is 4.14. The highest BCUT2D eigenvalue weighted by Gasteiger charge is 2.23. The van der Waals surface area contributed by atoms with Crippen molar-refractivity contribution in [2.45, 2.75) is 31.8 Å². The van der Waals surface area contributed by atoms with E-state index in [9.17, 15) is 9.59 Å². The van der Waals surface area contributed by atoms with E-state index >= 15 is 0 Å². The molecule has 0 spiro atoms. The van der Waals surface area contributed by atoms with E-state index < -0.39 is 6.04 Å². The molecule has 3 rings (SSSR count). The molecule has 0 aliphatic heterocycles. The van der Waals surface area contributed by atoms with Gasteiger partial charge >= 0.3 is 0 Å². The van der Waals surface area contributed by atoms with Crippen molar-refractivity contribution in [1.82, 2.24) is 5.32 Å². The fourth-order valence-corrected chi connectivity index (χ4v) is 2.46. The lowest BCUT2D eigenvalue weighted by atomic mass is 10.1. The minimum absolute atomic E-state index is 0.0713. The summed E-state index contributed by atoms with van der Waals surface area (Å²) >= 11 is 0. The van der Waals surface area contributed by atoms with Gasteiger partial charge in [0.15, 0.2) is 0 Å². The van der Waals surface area contributed by atoms with E-state index in [0.29, 0.717) is 22.9 Å². The van der Waals surface area contributed by atoms with E-state index in [0.717, 1.165) is 18.5 Å². The Hall–Kier alpha value is -3.33. The number of hydrogen-bond donors (Lipinski definition) is 3. The van der Waals surface area contributed by atoms with Crippen LogP contribution in [0.1, 0.15) is 35.7 Å². The summed E-state index contributed by atoms with van der Waals surface area (Å²) in [7, 11) is 0. The molecule has 0 bridgehead atoms. The van der Waals surface area contributed by atoms with E-state index in [4.69, 9.17) is 5.26 Å². The van der Waals surface area contributed by atoms with Crippen LogP contribution in [-0.4, -0.2) is 23.9 Å². The molecule has 0 saturated heterocycles. The van der Waals surface area contributed by atoms with Gasteiger partial charge < -0.3 is 16.0 Å². The third-order valence-corrected chi connectivity index (χ3v) is 4.14. The van der Waals surface area contributed by atoms with Gasteiger partial charge in [0.2, 0.25) is 5.91 Å². The molecule has 26 heavy (non-hydrogen) atoms. The van der Waals surface area contributed by atoms with Crippen LogP contribution < -0.4 is 16.0 Å². The van der Waals surface area contributed by atoms with E-state index in [2.05, 4.69) is 22.0 Å². The van der Waals surface area contributed by atoms with Crippen LogP contribution in [0.25, 0.3) is 0 Å². The van der Waals surface area contributed by atoms with Crippen LogP contribution in [0.5, 0.6) is 0 Å². The highest BCUT2D eigenvalue weighted by Crippen LogP contribution is 2.20. The molecule has 0 aromatic heterocycles. The Balaban J connectivity index is 1.58. The number of hydrogen-bond acceptors (Lipinski definition) is 4. The standard InChI is InChI=1S/C20H20N4O2/c1-13(19(25)24-18-5-3-2-4-15(18)12-21)22-16-8-6-14(7-9-16)20(26)23-17-10-11-17/h2-9,13,17,22H,10-11H2,1H3,(H,23,26)(H,24,25). The number of carbonyl (C=O) groups excluding carboxylic acids is 2. The first-order valence-corrected chi connectivity index (χ1v) is 8.54. The summed E-state index contributed by atoms with van der Waals surface area (Å²) in [5, 5.41) is 17.9. The van der Waals surface area contributed by atoms with Crippen molar-refractivity contribution < 1.29 is 9.59 Å². The smallest absolute Gasteiger partial charge is 0.251 e. The molecule has 1 aliphatic rings. The number of nitrogens with one attached hydrogen (secondary N) is 3. The third kappa shape index (κ3) is 4.39. The highest BCUT2D eigenvalue weighted by molar-refractivity contribution is 5.97. The zero-order chi connectivity index (χ0) is 18.5. The molecular weight excluding hydrogens is 328 g/mol. The van der Waals surface area contributed by atoms with E-state index in [-0.39, 0.29) is 11.8 Å². The van der Waals surface area contributed by atoms with Gasteiger partial charge in [0, 0.05) is 17.3 Å². The van der Waals surface area contributed by atoms with Gasteiger partial charge in [-0.2, -0.15) is 5.26 Å². The summed E-state index contributed by atoms with van der Waals surface area (Å²) in [5.41, 5.74) is 2.24. The van der Waals surface area contributed by atoms with Gasteiger partial charge in [-0.05, 0) is 56.2 Å². The normalized spacial score (nSPS) is 14.0. The van der Waals surface area contributed by atoms with Crippen LogP contribution in [-0.2, 0) is 4.79 Å². The van der Waals surface area contributed by atoms with Gasteiger partial charge in [-0.3, -0.25) is 9.59 Å². The zero-order valence-electron chi connectivity index (χ0n) is 14.5. The lowest BCUT2D eigenvalue weighted by Crippen LogP contribution is -2.32. The Bertz CT molecular complexity index is 851. The summed E-state index contributed by atoms with van der Waals surface area (Å²) < 4.78 is 0. The molecule has 1 unspecified atom stereocenters. The fraction of sp³-hybridized carbons (Fsp3) is 0.250. The monoisotopic (exact) mass is 348 g/mol. The van der Waals surface area contributed by atoms with Gasteiger partial charge in [0.1, 0.15) is 12.1 Å². The maximum Gasteiger partial charge on any atom is 0.251 e. The molecule has 2 aromatic carbocycles. The topological polar surface area (TPSA) is 94.0 Å². The summed E-state index contributed by atoms with van der Waals surface area (Å²) in [6.07, 6.45) is 2.10. The zero-order valence-corrected chi connectivity index (χ0v) is 14.5. The van der Waals surface area contributed by atoms with Crippen molar-refractivity contribution in [2.24, 2.45) is 0 Å². The van der Waals surface area contributed by atoms with Gasteiger partial charge in [0.05, 0.1) is 11.3 Å². The molecule has 1 fully saturated rings. The van der Waals surface area contributed by atoms with Gasteiger partial charge in [0.25, 0.3) is 5.91 Å². The SMILES string of the molecule is CC(Nc1ccc(C(=O)NC2CC2)cc1)C(=O)Nc1ccccc1C#N. The van der Waals surface area contributed by atoms with Gasteiger partial charge in [-0.1, -0.05) is 12.1 Å². The van der Waals surface area contributed by atoms with Crippen LogP contribution in [0.15, 0.2) is 48.5 Å². The first-order chi connectivity index (χ1) is 12.6. The quantitative estimate of drug-likeness (QED) is 0.748. The molecule has 132 valence electrons. The summed E-state index contributed by atoms with van der Waals surface area (Å²) in [6.45, 7) is 1.73. The second kappa shape index (κ2) is 7.70. The van der Waals surface area contributed by atoms with Crippen LogP contribution in [0.3, 0.4) is 0 Å². The van der Waals surface area contributed by atoms with Crippen LogP contribution >= 0.6 is 0 Å². The second-order valence-corrected chi connectivity index (χ2v) is 6.34. The van der Waals surface area contributed by atoms with Crippen molar-refractivity contribution in [1.29, 1.82) is 5.26 Å². The van der Waals surface area contributed by atoms with E-state index in [1.807, 2.05) is 0 Å². The Morgan fingerprint density at radius 1 is 1.12 bits per heavy atom. The largest absolute Gasteiger partial charge is 0.374 e. The number of para-hydroxylation sites is 1. The summed E-state index contributed by atoms with van der Waals surface area (Å²) in [6, 6.07) is 15.7. The van der Waals surface area contributed by atoms with Crippen molar-refractivity contribution >= 4 is 23.2 Å². The number of anilines is 2. The fourth-order valence-electron chi connectivity index (χ4n) is 2.46.